The first-order chi connectivity index (χ1) is 8.52. The molecular weight excluding hydrogens is 318 g/mol. The molecule has 1 aromatic rings. The molecule has 1 rings (SSSR count). The fraction of sp³-hybridized carbons (Fsp3) is 0.417. The van der Waals surface area contributed by atoms with Crippen molar-refractivity contribution in [2.24, 2.45) is 0 Å². The number of thiophene rings is 1. The van der Waals surface area contributed by atoms with Crippen LogP contribution in [0.25, 0.3) is 6.08 Å². The molecule has 1 unspecified atom stereocenters. The molecule has 0 aliphatic carbocycles. The number of hydrogen-bond acceptors (Lipinski definition) is 4. The minimum atomic E-state index is -0.659. The fourth-order valence-electron chi connectivity index (χ4n) is 1.35. The lowest BCUT2D eigenvalue weighted by Gasteiger charge is -2.18. The Labute approximate surface area is 119 Å². The first-order valence-electron chi connectivity index (χ1n) is 5.38. The van der Waals surface area contributed by atoms with Crippen molar-refractivity contribution in [3.63, 3.8) is 0 Å². The van der Waals surface area contributed by atoms with Crippen LogP contribution in [0.5, 0.6) is 0 Å². The van der Waals surface area contributed by atoms with E-state index in [4.69, 9.17) is 4.74 Å². The van der Waals surface area contributed by atoms with Crippen molar-refractivity contribution in [2.75, 3.05) is 27.3 Å². The van der Waals surface area contributed by atoms with E-state index in [9.17, 15) is 9.90 Å². The Morgan fingerprint density at radius 3 is 2.94 bits per heavy atom. The molecule has 1 heterocycles. The van der Waals surface area contributed by atoms with E-state index >= 15 is 0 Å². The molecule has 0 spiro atoms. The van der Waals surface area contributed by atoms with Crippen LogP contribution < -0.4 is 0 Å². The second-order valence-corrected chi connectivity index (χ2v) is 6.30. The Bertz CT molecular complexity index is 419. The van der Waals surface area contributed by atoms with Crippen molar-refractivity contribution in [2.45, 2.75) is 6.10 Å². The summed E-state index contributed by atoms with van der Waals surface area (Å²) in [6.07, 6.45) is 2.60. The zero-order chi connectivity index (χ0) is 13.5. The van der Waals surface area contributed by atoms with Gasteiger partial charge in [0.25, 0.3) is 0 Å². The zero-order valence-corrected chi connectivity index (χ0v) is 12.7. The van der Waals surface area contributed by atoms with Crippen molar-refractivity contribution in [3.8, 4) is 0 Å². The van der Waals surface area contributed by atoms with Crippen molar-refractivity contribution >= 4 is 39.2 Å². The molecule has 1 aromatic heterocycles. The molecule has 0 saturated carbocycles. The number of aliphatic hydroxyl groups excluding tert-OH is 1. The lowest BCUT2D eigenvalue weighted by atomic mass is 10.3. The number of methoxy groups -OCH3 is 1. The van der Waals surface area contributed by atoms with Crippen LogP contribution in [-0.2, 0) is 9.53 Å². The number of likely N-dealkylation sites (N-methyl/N-ethyl adjacent to an activating group) is 1. The molecule has 6 heteroatoms. The van der Waals surface area contributed by atoms with Gasteiger partial charge in [-0.05, 0) is 34.1 Å². The summed E-state index contributed by atoms with van der Waals surface area (Å²) in [4.78, 5) is 14.2. The minimum Gasteiger partial charge on any atom is -0.389 e. The van der Waals surface area contributed by atoms with Crippen LogP contribution in [-0.4, -0.2) is 49.3 Å². The average Bonchev–Trinajstić information content (AvgIpc) is 2.72. The van der Waals surface area contributed by atoms with E-state index in [1.165, 1.54) is 18.1 Å². The highest BCUT2D eigenvalue weighted by Crippen LogP contribution is 2.22. The standard InChI is InChI=1S/C12H16BrNO3S/c1-14(7-9(15)8-17-2)12(16)6-4-10-3-5-11(13)18-10/h3-6,9,15H,7-8H2,1-2H3/b6-4+. The molecule has 1 amide bonds. The molecule has 100 valence electrons. The Hall–Kier alpha value is -0.690. The number of amides is 1. The summed E-state index contributed by atoms with van der Waals surface area (Å²) >= 11 is 4.91. The van der Waals surface area contributed by atoms with Gasteiger partial charge in [-0.3, -0.25) is 4.79 Å². The topological polar surface area (TPSA) is 49.8 Å². The van der Waals surface area contributed by atoms with E-state index < -0.39 is 6.10 Å². The van der Waals surface area contributed by atoms with Gasteiger partial charge in [0.05, 0.1) is 16.5 Å². The van der Waals surface area contributed by atoms with Crippen molar-refractivity contribution in [1.82, 2.24) is 4.90 Å². The monoisotopic (exact) mass is 333 g/mol. The van der Waals surface area contributed by atoms with Gasteiger partial charge in [-0.25, -0.2) is 0 Å². The molecule has 0 aliphatic heterocycles. The third-order valence-electron chi connectivity index (χ3n) is 2.20. The van der Waals surface area contributed by atoms with Gasteiger partial charge in [0.2, 0.25) is 5.91 Å². The normalized spacial score (nSPS) is 12.9. The first-order valence-corrected chi connectivity index (χ1v) is 6.99. The average molecular weight is 334 g/mol. The van der Waals surface area contributed by atoms with Gasteiger partial charge in [0.15, 0.2) is 0 Å². The number of aliphatic hydroxyl groups is 1. The van der Waals surface area contributed by atoms with Gasteiger partial charge in [0.1, 0.15) is 0 Å². The summed E-state index contributed by atoms with van der Waals surface area (Å²) in [6, 6.07) is 3.86. The Morgan fingerprint density at radius 2 is 2.39 bits per heavy atom. The van der Waals surface area contributed by atoms with Crippen LogP contribution in [0.2, 0.25) is 0 Å². The number of rotatable bonds is 6. The maximum absolute atomic E-state index is 11.7. The molecule has 4 nitrogen and oxygen atoms in total. The molecule has 0 aliphatic rings. The summed E-state index contributed by atoms with van der Waals surface area (Å²) in [5.41, 5.74) is 0. The predicted molar refractivity (Wildman–Crippen MR) is 76.6 cm³/mol. The van der Waals surface area contributed by atoms with E-state index in [1.807, 2.05) is 12.1 Å². The van der Waals surface area contributed by atoms with Crippen LogP contribution in [0.3, 0.4) is 0 Å². The van der Waals surface area contributed by atoms with Gasteiger partial charge in [-0.15, -0.1) is 11.3 Å². The highest BCUT2D eigenvalue weighted by molar-refractivity contribution is 9.11. The molecule has 0 bridgehead atoms. The minimum absolute atomic E-state index is 0.144. The van der Waals surface area contributed by atoms with Gasteiger partial charge in [-0.1, -0.05) is 0 Å². The fourth-order valence-corrected chi connectivity index (χ4v) is 2.68. The van der Waals surface area contributed by atoms with E-state index in [2.05, 4.69) is 15.9 Å². The first kappa shape index (κ1) is 15.4. The highest BCUT2D eigenvalue weighted by atomic mass is 79.9. The Balaban J connectivity index is 2.46. The largest absolute Gasteiger partial charge is 0.389 e. The smallest absolute Gasteiger partial charge is 0.246 e. The molecule has 1 atom stereocenters. The van der Waals surface area contributed by atoms with E-state index in [1.54, 1.807) is 24.5 Å². The van der Waals surface area contributed by atoms with Crippen LogP contribution in [0.4, 0.5) is 0 Å². The van der Waals surface area contributed by atoms with Gasteiger partial charge in [0, 0.05) is 31.7 Å². The number of hydrogen-bond donors (Lipinski definition) is 1. The zero-order valence-electron chi connectivity index (χ0n) is 10.3. The second-order valence-electron chi connectivity index (χ2n) is 3.80. The summed E-state index contributed by atoms with van der Waals surface area (Å²) in [7, 11) is 3.16. The van der Waals surface area contributed by atoms with Gasteiger partial charge >= 0.3 is 0 Å². The summed E-state index contributed by atoms with van der Waals surface area (Å²) in [5, 5.41) is 9.51. The van der Waals surface area contributed by atoms with Crippen LogP contribution in [0.1, 0.15) is 4.88 Å². The summed E-state index contributed by atoms with van der Waals surface area (Å²) in [6.45, 7) is 0.477. The molecule has 0 fully saturated rings. The Morgan fingerprint density at radius 1 is 1.67 bits per heavy atom. The predicted octanol–water partition coefficient (Wildman–Crippen LogP) is 1.99. The SMILES string of the molecule is COCC(O)CN(C)C(=O)/C=C/c1ccc(Br)s1. The lowest BCUT2D eigenvalue weighted by Crippen LogP contribution is -2.35. The maximum Gasteiger partial charge on any atom is 0.246 e. The number of halogens is 1. The summed E-state index contributed by atoms with van der Waals surface area (Å²) < 4.78 is 5.83. The molecule has 0 radical (unpaired) electrons. The number of carbonyl (C=O) groups is 1. The van der Waals surface area contributed by atoms with Crippen LogP contribution in [0.15, 0.2) is 22.0 Å². The van der Waals surface area contributed by atoms with E-state index in [0.717, 1.165) is 8.66 Å². The third kappa shape index (κ3) is 5.30. The number of ether oxygens (including phenoxy) is 1. The third-order valence-corrected chi connectivity index (χ3v) is 3.79. The molecular formula is C12H16BrNO3S. The highest BCUT2D eigenvalue weighted by Gasteiger charge is 2.11. The number of nitrogens with zero attached hydrogens (tertiary/aromatic N) is 1. The van der Waals surface area contributed by atoms with Crippen molar-refractivity contribution in [3.05, 3.63) is 26.9 Å². The van der Waals surface area contributed by atoms with Gasteiger partial charge in [-0.2, -0.15) is 0 Å². The Kier molecular flexibility index (Phi) is 6.56. The van der Waals surface area contributed by atoms with Crippen LogP contribution >= 0.6 is 27.3 Å². The van der Waals surface area contributed by atoms with Crippen molar-refractivity contribution in [1.29, 1.82) is 0 Å². The molecule has 0 aromatic carbocycles. The molecule has 0 saturated heterocycles. The maximum atomic E-state index is 11.7. The lowest BCUT2D eigenvalue weighted by molar-refractivity contribution is -0.126. The van der Waals surface area contributed by atoms with E-state index in [0.29, 0.717) is 0 Å². The van der Waals surface area contributed by atoms with E-state index in [-0.39, 0.29) is 19.1 Å². The quantitative estimate of drug-likeness (QED) is 0.810. The second kappa shape index (κ2) is 7.68. The summed E-state index contributed by atoms with van der Waals surface area (Å²) in [5.74, 6) is -0.144. The number of carbonyl (C=O) groups excluding carboxylic acids is 1. The van der Waals surface area contributed by atoms with Crippen molar-refractivity contribution < 1.29 is 14.6 Å². The van der Waals surface area contributed by atoms with Gasteiger partial charge < -0.3 is 14.7 Å². The van der Waals surface area contributed by atoms with Crippen LogP contribution in [0, 0.1) is 0 Å². The molecule has 1 N–H and O–H groups in total. The molecule has 18 heavy (non-hydrogen) atoms.